The molecule has 1 aliphatic heterocycles. The molecule has 1 aromatic carbocycles. The van der Waals surface area contributed by atoms with Crippen molar-refractivity contribution in [3.8, 4) is 11.4 Å². The second-order valence-electron chi connectivity index (χ2n) is 8.77. The van der Waals surface area contributed by atoms with Crippen LogP contribution in [0.4, 0.5) is 5.82 Å². The van der Waals surface area contributed by atoms with E-state index in [2.05, 4.69) is 16.8 Å². The van der Waals surface area contributed by atoms with Gasteiger partial charge in [-0.25, -0.2) is 18.4 Å². The third-order valence-electron chi connectivity index (χ3n) is 6.80. The lowest BCUT2D eigenvalue weighted by atomic mass is 10.0. The first-order valence-corrected chi connectivity index (χ1v) is 12.8. The maximum absolute atomic E-state index is 13.0. The van der Waals surface area contributed by atoms with E-state index < -0.39 is 14.6 Å². The number of hydrogen-bond donors (Lipinski definition) is 1. The number of anilines is 1. The largest absolute Gasteiger partial charge is 0.377 e. The molecule has 1 N–H and O–H groups in total. The van der Waals surface area contributed by atoms with Gasteiger partial charge in [-0.1, -0.05) is 25.0 Å². The minimum atomic E-state index is -3.35. The number of aromatic amines is 1. The predicted molar refractivity (Wildman–Crippen MR) is 122 cm³/mol. The Hall–Kier alpha value is -2.45. The zero-order valence-corrected chi connectivity index (χ0v) is 18.8. The van der Waals surface area contributed by atoms with Crippen LogP contribution in [0.5, 0.6) is 0 Å². The molecular weight excluding hydrogens is 412 g/mol. The number of benzene rings is 1. The van der Waals surface area contributed by atoms with E-state index in [9.17, 15) is 8.42 Å². The summed E-state index contributed by atoms with van der Waals surface area (Å²) < 4.78 is 30.7. The number of fused-ring (bicyclic) bond motifs is 1. The number of ether oxygens (including phenoxy) is 1. The molecule has 0 unspecified atom stereocenters. The highest BCUT2D eigenvalue weighted by Crippen LogP contribution is 2.45. The molecule has 8 heteroatoms. The van der Waals surface area contributed by atoms with Crippen LogP contribution in [0.15, 0.2) is 36.5 Å². The van der Waals surface area contributed by atoms with Crippen molar-refractivity contribution in [3.63, 3.8) is 0 Å². The van der Waals surface area contributed by atoms with Gasteiger partial charge in [0.25, 0.3) is 0 Å². The van der Waals surface area contributed by atoms with Crippen LogP contribution in [0.3, 0.4) is 0 Å². The highest BCUT2D eigenvalue weighted by molar-refractivity contribution is 7.91. The molecule has 2 fully saturated rings. The molecular formula is C23H28N4O3S. The number of aromatic nitrogens is 3. The normalized spacial score (nSPS) is 21.6. The minimum Gasteiger partial charge on any atom is -0.377 e. The van der Waals surface area contributed by atoms with Gasteiger partial charge in [-0.3, -0.25) is 0 Å². The average molecular weight is 441 g/mol. The highest BCUT2D eigenvalue weighted by atomic mass is 32.2. The zero-order valence-electron chi connectivity index (χ0n) is 18.0. The van der Waals surface area contributed by atoms with Crippen molar-refractivity contribution in [1.82, 2.24) is 15.0 Å². The van der Waals surface area contributed by atoms with E-state index in [-0.39, 0.29) is 6.04 Å². The first-order valence-electron chi connectivity index (χ1n) is 10.9. The first-order chi connectivity index (χ1) is 14.9. The third kappa shape index (κ3) is 3.42. The number of nitrogens with one attached hydrogen (secondary N) is 1. The summed E-state index contributed by atoms with van der Waals surface area (Å²) in [6, 6.07) is 10.1. The molecule has 3 aromatic rings. The summed E-state index contributed by atoms with van der Waals surface area (Å²) in [4.78, 5) is 15.3. The maximum atomic E-state index is 13.0. The van der Waals surface area contributed by atoms with E-state index in [0.29, 0.717) is 37.6 Å². The molecule has 1 saturated carbocycles. The Morgan fingerprint density at radius 2 is 2.00 bits per heavy atom. The van der Waals surface area contributed by atoms with Gasteiger partial charge < -0.3 is 14.6 Å². The van der Waals surface area contributed by atoms with Gasteiger partial charge in [0, 0.05) is 41.5 Å². The molecule has 1 saturated heterocycles. The highest BCUT2D eigenvalue weighted by Gasteiger charge is 2.47. The van der Waals surface area contributed by atoms with E-state index in [1.54, 1.807) is 0 Å². The molecule has 0 bridgehead atoms. The number of morpholine rings is 1. The fourth-order valence-electron chi connectivity index (χ4n) is 5.05. The summed E-state index contributed by atoms with van der Waals surface area (Å²) in [5, 5.41) is 1.03. The molecule has 0 radical (unpaired) electrons. The second-order valence-corrected chi connectivity index (χ2v) is 11.1. The van der Waals surface area contributed by atoms with Crippen LogP contribution < -0.4 is 4.90 Å². The molecule has 0 spiro atoms. The van der Waals surface area contributed by atoms with Crippen molar-refractivity contribution >= 4 is 26.6 Å². The molecule has 31 heavy (non-hydrogen) atoms. The lowest BCUT2D eigenvalue weighted by Crippen LogP contribution is -2.44. The lowest BCUT2D eigenvalue weighted by Gasteiger charge is -2.35. The molecule has 7 nitrogen and oxygen atoms in total. The van der Waals surface area contributed by atoms with Gasteiger partial charge in [0.2, 0.25) is 0 Å². The van der Waals surface area contributed by atoms with Crippen LogP contribution in [0, 0.1) is 0 Å². The molecule has 1 aliphatic carbocycles. The fourth-order valence-corrected chi connectivity index (χ4v) is 6.56. The van der Waals surface area contributed by atoms with Crippen LogP contribution in [0.25, 0.3) is 22.3 Å². The van der Waals surface area contributed by atoms with Crippen LogP contribution >= 0.6 is 0 Å². The lowest BCUT2D eigenvalue weighted by molar-refractivity contribution is 0.0985. The topological polar surface area (TPSA) is 88.2 Å². The van der Waals surface area contributed by atoms with E-state index in [4.69, 9.17) is 14.7 Å². The summed E-state index contributed by atoms with van der Waals surface area (Å²) in [6.07, 6.45) is 6.25. The quantitative estimate of drug-likeness (QED) is 0.666. The number of rotatable bonds is 4. The van der Waals surface area contributed by atoms with E-state index in [0.717, 1.165) is 41.7 Å². The zero-order chi connectivity index (χ0) is 21.6. The molecule has 5 rings (SSSR count). The van der Waals surface area contributed by atoms with Crippen LogP contribution in [-0.2, 0) is 19.3 Å². The number of H-pyrrole nitrogens is 1. The van der Waals surface area contributed by atoms with Gasteiger partial charge in [-0.2, -0.15) is 0 Å². The van der Waals surface area contributed by atoms with Crippen molar-refractivity contribution < 1.29 is 13.2 Å². The molecule has 164 valence electrons. The Morgan fingerprint density at radius 3 is 2.74 bits per heavy atom. The number of nitrogens with zero attached hydrogens (tertiary/aromatic N) is 3. The van der Waals surface area contributed by atoms with Gasteiger partial charge in [0.15, 0.2) is 15.7 Å². The van der Waals surface area contributed by atoms with E-state index in [1.165, 1.54) is 6.26 Å². The Labute approximate surface area is 182 Å². The first kappa shape index (κ1) is 20.5. The monoisotopic (exact) mass is 440 g/mol. The maximum Gasteiger partial charge on any atom is 0.162 e. The smallest absolute Gasteiger partial charge is 0.162 e. The fraction of sp³-hybridized carbons (Fsp3) is 0.478. The van der Waals surface area contributed by atoms with Crippen LogP contribution in [-0.4, -0.2) is 55.4 Å². The minimum absolute atomic E-state index is 0.158. The van der Waals surface area contributed by atoms with Crippen molar-refractivity contribution in [2.45, 2.75) is 43.4 Å². The van der Waals surface area contributed by atoms with Crippen LogP contribution in [0.2, 0.25) is 0 Å². The Balaban J connectivity index is 1.74. The standard InChI is InChI=1S/C23H28N4O3S/c1-16-15-30-13-12-27(16)21-14-20(23(31(2,28)29)9-3-4-10-23)25-22(26-21)18-6-5-7-19-17(18)8-11-24-19/h5-8,11,14,16,24H,3-4,9-10,12-13,15H2,1-2H3/t16-/m0/s1. The second kappa shape index (κ2) is 7.60. The predicted octanol–water partition coefficient (Wildman–Crippen LogP) is 3.66. The summed E-state index contributed by atoms with van der Waals surface area (Å²) in [7, 11) is -3.35. The van der Waals surface area contributed by atoms with Gasteiger partial charge in [-0.05, 0) is 31.9 Å². The summed E-state index contributed by atoms with van der Waals surface area (Å²) in [5.41, 5.74) is 2.54. The molecule has 2 aliphatic rings. The average Bonchev–Trinajstić information content (AvgIpc) is 3.43. The molecule has 0 amide bonds. The number of hydrogen-bond acceptors (Lipinski definition) is 6. The van der Waals surface area contributed by atoms with Gasteiger partial charge in [-0.15, -0.1) is 0 Å². The Kier molecular flexibility index (Phi) is 5.01. The summed E-state index contributed by atoms with van der Waals surface area (Å²) in [5.74, 6) is 1.35. The van der Waals surface area contributed by atoms with Crippen molar-refractivity contribution in [3.05, 3.63) is 42.2 Å². The summed E-state index contributed by atoms with van der Waals surface area (Å²) >= 11 is 0. The van der Waals surface area contributed by atoms with Gasteiger partial charge in [0.1, 0.15) is 10.6 Å². The van der Waals surface area contributed by atoms with E-state index in [1.807, 2.05) is 36.5 Å². The van der Waals surface area contributed by atoms with Gasteiger partial charge >= 0.3 is 0 Å². The third-order valence-corrected chi connectivity index (χ3v) is 8.84. The molecule has 1 atom stereocenters. The Morgan fingerprint density at radius 1 is 1.19 bits per heavy atom. The van der Waals surface area contributed by atoms with Crippen molar-refractivity contribution in [2.75, 3.05) is 30.9 Å². The molecule has 3 heterocycles. The van der Waals surface area contributed by atoms with Crippen LogP contribution in [0.1, 0.15) is 38.3 Å². The number of sulfone groups is 1. The van der Waals surface area contributed by atoms with E-state index >= 15 is 0 Å². The van der Waals surface area contributed by atoms with Crippen molar-refractivity contribution in [2.24, 2.45) is 0 Å². The Bertz CT molecular complexity index is 1210. The van der Waals surface area contributed by atoms with Crippen molar-refractivity contribution in [1.29, 1.82) is 0 Å². The SMILES string of the molecule is C[C@H]1COCCN1c1cc(C2(S(C)(=O)=O)CCCC2)nc(-c2cccc3[nH]ccc23)n1. The summed E-state index contributed by atoms with van der Waals surface area (Å²) in [6.45, 7) is 4.08. The van der Waals surface area contributed by atoms with Gasteiger partial charge in [0.05, 0.1) is 24.9 Å². The molecule has 2 aromatic heterocycles.